The second-order valence-electron chi connectivity index (χ2n) is 2.82. The van der Waals surface area contributed by atoms with Crippen molar-refractivity contribution in [2.24, 2.45) is 0 Å². The van der Waals surface area contributed by atoms with E-state index in [0.717, 1.165) is 6.07 Å². The van der Waals surface area contributed by atoms with E-state index >= 15 is 0 Å². The van der Waals surface area contributed by atoms with Gasteiger partial charge in [-0.15, -0.1) is 0 Å². The maximum Gasteiger partial charge on any atom is 0.323 e. The molecule has 0 saturated carbocycles. The van der Waals surface area contributed by atoms with Crippen molar-refractivity contribution in [2.75, 3.05) is 12.8 Å². The number of carbonyl (C=O) groups excluding carboxylic acids is 1. The minimum Gasteiger partial charge on any atom is -0.468 e. The normalized spacial score (nSPS) is 12.3. The van der Waals surface area contributed by atoms with Crippen LogP contribution in [0.3, 0.4) is 0 Å². The van der Waals surface area contributed by atoms with Crippen molar-refractivity contribution in [3.63, 3.8) is 0 Å². The predicted molar refractivity (Wildman–Crippen MR) is 59.6 cm³/mol. The van der Waals surface area contributed by atoms with Crippen LogP contribution >= 0.6 is 24.2 Å². The summed E-state index contributed by atoms with van der Waals surface area (Å²) < 4.78 is 17.4. The summed E-state index contributed by atoms with van der Waals surface area (Å²) in [6.45, 7) is 0. The average molecular weight is 250 g/mol. The van der Waals surface area contributed by atoms with Gasteiger partial charge in [0, 0.05) is 5.02 Å². The molecule has 1 atom stereocenters. The first-order valence-corrected chi connectivity index (χ1v) is 4.87. The molecule has 0 fully saturated rings. The fourth-order valence-electron chi connectivity index (χ4n) is 1.03. The Balaban J connectivity index is 3.14. The van der Waals surface area contributed by atoms with Crippen LogP contribution in [0, 0.1) is 5.82 Å². The van der Waals surface area contributed by atoms with Gasteiger partial charge in [0.2, 0.25) is 0 Å². The summed E-state index contributed by atoms with van der Waals surface area (Å²) >= 11 is 9.75. The molecule has 0 spiro atoms. The van der Waals surface area contributed by atoms with E-state index in [1.165, 1.54) is 13.2 Å². The molecule has 0 heterocycles. The average Bonchev–Trinajstić information content (AvgIpc) is 2.21. The summed E-state index contributed by atoms with van der Waals surface area (Å²) in [5, 5.41) is -0.780. The quantitative estimate of drug-likeness (QED) is 0.480. The molecular formula is C9H9ClFNO2S. The monoisotopic (exact) mass is 249 g/mol. The number of hydrogen-bond donors (Lipinski definition) is 2. The lowest BCUT2D eigenvalue weighted by molar-refractivity contribution is -0.140. The number of methoxy groups -OCH3 is 1. The molecule has 3 nitrogen and oxygen atoms in total. The first kappa shape index (κ1) is 12.1. The summed E-state index contributed by atoms with van der Waals surface area (Å²) in [7, 11) is 1.23. The largest absolute Gasteiger partial charge is 0.468 e. The van der Waals surface area contributed by atoms with Gasteiger partial charge in [0.15, 0.2) is 0 Å². The zero-order chi connectivity index (χ0) is 11.6. The smallest absolute Gasteiger partial charge is 0.323 e. The number of carbonyl (C=O) groups is 1. The Morgan fingerprint density at radius 1 is 1.67 bits per heavy atom. The summed E-state index contributed by atoms with van der Waals surface area (Å²) in [4.78, 5) is 11.2. The van der Waals surface area contributed by atoms with E-state index in [2.05, 4.69) is 17.4 Å². The standard InChI is InChI=1S/C9H9ClFNO2S/c1-14-9(13)8(15)4-2-7(12)6(11)3-5(4)10/h2-3,8,15H,12H2,1H3. The third-order valence-corrected chi connectivity index (χ3v) is 2.65. The van der Waals surface area contributed by atoms with Crippen molar-refractivity contribution in [3.8, 4) is 0 Å². The van der Waals surface area contributed by atoms with E-state index < -0.39 is 17.0 Å². The van der Waals surface area contributed by atoms with E-state index in [-0.39, 0.29) is 10.7 Å². The van der Waals surface area contributed by atoms with Gasteiger partial charge in [-0.1, -0.05) is 11.6 Å². The molecule has 15 heavy (non-hydrogen) atoms. The van der Waals surface area contributed by atoms with Gasteiger partial charge < -0.3 is 10.5 Å². The van der Waals surface area contributed by atoms with Gasteiger partial charge in [0.1, 0.15) is 11.1 Å². The van der Waals surface area contributed by atoms with E-state index in [1.807, 2.05) is 0 Å². The SMILES string of the molecule is COC(=O)C(S)c1cc(N)c(F)cc1Cl. The minimum atomic E-state index is -0.870. The van der Waals surface area contributed by atoms with Crippen molar-refractivity contribution < 1.29 is 13.9 Å². The molecule has 6 heteroatoms. The molecule has 0 saturated heterocycles. The Bertz CT molecular complexity index is 400. The van der Waals surface area contributed by atoms with Crippen LogP contribution in [0.15, 0.2) is 12.1 Å². The molecular weight excluding hydrogens is 241 g/mol. The van der Waals surface area contributed by atoms with Crippen molar-refractivity contribution in [1.82, 2.24) is 0 Å². The van der Waals surface area contributed by atoms with E-state index in [1.54, 1.807) is 0 Å². The van der Waals surface area contributed by atoms with Crippen LogP contribution in [-0.4, -0.2) is 13.1 Å². The van der Waals surface area contributed by atoms with E-state index in [4.69, 9.17) is 17.3 Å². The Hall–Kier alpha value is -0.940. The Morgan fingerprint density at radius 3 is 2.80 bits per heavy atom. The third-order valence-electron chi connectivity index (χ3n) is 1.84. The summed E-state index contributed by atoms with van der Waals surface area (Å²) in [6.07, 6.45) is 0. The number of esters is 1. The summed E-state index contributed by atoms with van der Waals surface area (Å²) in [5.74, 6) is -1.21. The Labute approximate surface area is 96.8 Å². The highest BCUT2D eigenvalue weighted by Crippen LogP contribution is 2.31. The van der Waals surface area contributed by atoms with Crippen LogP contribution in [0.25, 0.3) is 0 Å². The predicted octanol–water partition coefficient (Wildman–Crippen LogP) is 2.21. The fraction of sp³-hybridized carbons (Fsp3) is 0.222. The summed E-state index contributed by atoms with van der Waals surface area (Å²) in [5.41, 5.74) is 5.59. The zero-order valence-electron chi connectivity index (χ0n) is 7.83. The zero-order valence-corrected chi connectivity index (χ0v) is 9.48. The molecule has 0 aliphatic carbocycles. The molecule has 82 valence electrons. The van der Waals surface area contributed by atoms with E-state index in [0.29, 0.717) is 5.56 Å². The van der Waals surface area contributed by atoms with Crippen molar-refractivity contribution in [2.45, 2.75) is 5.25 Å². The third kappa shape index (κ3) is 2.54. The Kier molecular flexibility index (Phi) is 3.82. The molecule has 1 aromatic rings. The van der Waals surface area contributed by atoms with Gasteiger partial charge in [-0.2, -0.15) is 12.6 Å². The number of nitrogens with two attached hydrogens (primary N) is 1. The highest BCUT2D eigenvalue weighted by atomic mass is 35.5. The number of ether oxygens (including phenoxy) is 1. The lowest BCUT2D eigenvalue weighted by Crippen LogP contribution is -2.10. The van der Waals surface area contributed by atoms with Crippen LogP contribution in [0.2, 0.25) is 5.02 Å². The molecule has 1 rings (SSSR count). The highest BCUT2D eigenvalue weighted by Gasteiger charge is 2.20. The topological polar surface area (TPSA) is 52.3 Å². The summed E-state index contributed by atoms with van der Waals surface area (Å²) in [6, 6.07) is 2.31. The first-order chi connectivity index (χ1) is 6.97. The number of rotatable bonds is 2. The molecule has 0 aliphatic heterocycles. The van der Waals surface area contributed by atoms with Crippen molar-refractivity contribution >= 4 is 35.9 Å². The minimum absolute atomic E-state index is 0.0858. The van der Waals surface area contributed by atoms with Gasteiger partial charge in [0.05, 0.1) is 12.8 Å². The molecule has 0 radical (unpaired) electrons. The van der Waals surface area contributed by atoms with Gasteiger partial charge in [-0.25, -0.2) is 4.39 Å². The van der Waals surface area contributed by atoms with Crippen molar-refractivity contribution in [3.05, 3.63) is 28.5 Å². The van der Waals surface area contributed by atoms with Crippen LogP contribution in [0.5, 0.6) is 0 Å². The number of nitrogen functional groups attached to an aromatic ring is 1. The molecule has 0 aliphatic rings. The molecule has 1 unspecified atom stereocenters. The highest BCUT2D eigenvalue weighted by molar-refractivity contribution is 7.81. The molecule has 2 N–H and O–H groups in total. The number of halogens is 2. The Morgan fingerprint density at radius 2 is 2.27 bits per heavy atom. The van der Waals surface area contributed by atoms with Crippen LogP contribution in [0.4, 0.5) is 10.1 Å². The van der Waals surface area contributed by atoms with Crippen molar-refractivity contribution in [1.29, 1.82) is 0 Å². The van der Waals surface area contributed by atoms with Crippen LogP contribution < -0.4 is 5.73 Å². The maximum absolute atomic E-state index is 13.0. The molecule has 1 aromatic carbocycles. The number of anilines is 1. The maximum atomic E-state index is 13.0. The van der Waals surface area contributed by atoms with Gasteiger partial charge in [0.25, 0.3) is 0 Å². The van der Waals surface area contributed by atoms with Gasteiger partial charge in [-0.3, -0.25) is 4.79 Å². The van der Waals surface area contributed by atoms with Gasteiger partial charge >= 0.3 is 5.97 Å². The number of hydrogen-bond acceptors (Lipinski definition) is 4. The fourth-order valence-corrected chi connectivity index (χ4v) is 1.69. The second kappa shape index (κ2) is 4.72. The number of benzene rings is 1. The van der Waals surface area contributed by atoms with E-state index in [9.17, 15) is 9.18 Å². The first-order valence-electron chi connectivity index (χ1n) is 3.97. The lowest BCUT2D eigenvalue weighted by Gasteiger charge is -2.11. The second-order valence-corrected chi connectivity index (χ2v) is 3.74. The van der Waals surface area contributed by atoms with Crippen LogP contribution in [0.1, 0.15) is 10.8 Å². The molecule has 0 aromatic heterocycles. The molecule has 0 bridgehead atoms. The molecule has 0 amide bonds. The van der Waals surface area contributed by atoms with Gasteiger partial charge in [-0.05, 0) is 17.7 Å². The lowest BCUT2D eigenvalue weighted by atomic mass is 10.1. The van der Waals surface area contributed by atoms with Crippen LogP contribution in [-0.2, 0) is 9.53 Å². The number of thiol groups is 1.